The van der Waals surface area contributed by atoms with E-state index in [0.29, 0.717) is 34.0 Å². The molecule has 0 fully saturated rings. The normalized spacial score (nSPS) is 17.6. The maximum absolute atomic E-state index is 13.3. The van der Waals surface area contributed by atoms with E-state index < -0.39 is 12.2 Å². The van der Waals surface area contributed by atoms with Crippen molar-refractivity contribution in [3.63, 3.8) is 0 Å². The fourth-order valence-corrected chi connectivity index (χ4v) is 3.51. The largest absolute Gasteiger partial charge is 0.489 e. The first-order chi connectivity index (χ1) is 15.2. The first-order valence-electron chi connectivity index (χ1n) is 9.85. The summed E-state index contributed by atoms with van der Waals surface area (Å²) >= 11 is 0. The summed E-state index contributed by atoms with van der Waals surface area (Å²) in [6.45, 7) is 0.462. The molecule has 156 valence electrons. The van der Waals surface area contributed by atoms with Gasteiger partial charge in [-0.15, -0.1) is 0 Å². The van der Waals surface area contributed by atoms with Crippen LogP contribution in [0.2, 0.25) is 0 Å². The Hall–Kier alpha value is -3.71. The lowest BCUT2D eigenvalue weighted by atomic mass is 10.0. The van der Waals surface area contributed by atoms with E-state index in [1.165, 1.54) is 12.1 Å². The third-order valence-corrected chi connectivity index (χ3v) is 5.07. The molecule has 0 bridgehead atoms. The van der Waals surface area contributed by atoms with Crippen molar-refractivity contribution >= 4 is 10.9 Å². The van der Waals surface area contributed by atoms with Crippen LogP contribution in [0.25, 0.3) is 10.9 Å². The zero-order valence-corrected chi connectivity index (χ0v) is 16.4. The van der Waals surface area contributed by atoms with Gasteiger partial charge in [0.05, 0.1) is 17.4 Å². The molecule has 0 aliphatic carbocycles. The van der Waals surface area contributed by atoms with Crippen LogP contribution in [0.4, 0.5) is 4.39 Å². The molecule has 1 aliphatic heterocycles. The fourth-order valence-electron chi connectivity index (χ4n) is 3.51. The number of aromatic nitrogens is 2. The summed E-state index contributed by atoms with van der Waals surface area (Å²) in [6.07, 6.45) is 1.81. The summed E-state index contributed by atoms with van der Waals surface area (Å²) in [6, 6.07) is 16.9. The Balaban J connectivity index is 1.30. The van der Waals surface area contributed by atoms with Crippen LogP contribution in [0.15, 0.2) is 73.1 Å². The molecule has 31 heavy (non-hydrogen) atoms. The molecule has 2 aromatic heterocycles. The van der Waals surface area contributed by atoms with Crippen LogP contribution in [0.5, 0.6) is 17.2 Å². The highest BCUT2D eigenvalue weighted by Gasteiger charge is 2.31. The maximum atomic E-state index is 13.3. The number of aliphatic hydroxyl groups is 1. The predicted octanol–water partition coefficient (Wildman–Crippen LogP) is 4.22. The number of pyridine rings is 2. The summed E-state index contributed by atoms with van der Waals surface area (Å²) in [4.78, 5) is 8.52. The zero-order chi connectivity index (χ0) is 21.2. The van der Waals surface area contributed by atoms with Crippen LogP contribution in [0, 0.1) is 5.82 Å². The molecule has 1 N–H and O–H groups in total. The van der Waals surface area contributed by atoms with Gasteiger partial charge in [0.15, 0.2) is 6.10 Å². The number of rotatable bonds is 5. The van der Waals surface area contributed by atoms with Gasteiger partial charge in [-0.25, -0.2) is 9.37 Å². The molecular weight excluding hydrogens is 399 g/mol. The zero-order valence-electron chi connectivity index (χ0n) is 16.4. The average molecular weight is 418 g/mol. The van der Waals surface area contributed by atoms with Gasteiger partial charge < -0.3 is 19.3 Å². The van der Waals surface area contributed by atoms with Gasteiger partial charge in [-0.2, -0.15) is 0 Å². The Labute approximate surface area is 177 Å². The minimum atomic E-state index is -0.874. The second-order valence-electron chi connectivity index (χ2n) is 7.23. The molecule has 0 amide bonds. The molecule has 0 radical (unpaired) electrons. The lowest BCUT2D eigenvalue weighted by Gasteiger charge is -2.30. The minimum Gasteiger partial charge on any atom is -0.489 e. The molecule has 3 heterocycles. The average Bonchev–Trinajstić information content (AvgIpc) is 2.80. The third kappa shape index (κ3) is 4.13. The summed E-state index contributed by atoms with van der Waals surface area (Å²) in [5.41, 5.74) is 2.01. The van der Waals surface area contributed by atoms with E-state index in [4.69, 9.17) is 14.2 Å². The standard InChI is InChI=1S/C24H19FN2O4/c25-16-4-7-21-15(10-16)3-5-17(27-21)13-29-18-6-8-22-20(11-18)24(28)23(14-30-22)31-19-2-1-9-26-12-19/h1-12,23-24,28H,13-14H2/t23-,24+/m1/s1. The molecule has 2 atom stereocenters. The summed E-state index contributed by atoms with van der Waals surface area (Å²) < 4.78 is 30.8. The van der Waals surface area contributed by atoms with Crippen molar-refractivity contribution in [3.05, 3.63) is 90.1 Å². The van der Waals surface area contributed by atoms with E-state index in [9.17, 15) is 9.50 Å². The van der Waals surface area contributed by atoms with E-state index in [-0.39, 0.29) is 19.0 Å². The molecule has 6 nitrogen and oxygen atoms in total. The molecular formula is C24H19FN2O4. The fraction of sp³-hybridized carbons (Fsp3) is 0.167. The molecule has 0 unspecified atom stereocenters. The van der Waals surface area contributed by atoms with Gasteiger partial charge in [0.1, 0.15) is 42.4 Å². The molecule has 4 aromatic rings. The van der Waals surface area contributed by atoms with Crippen LogP contribution in [-0.4, -0.2) is 27.8 Å². The van der Waals surface area contributed by atoms with Crippen molar-refractivity contribution in [2.75, 3.05) is 6.61 Å². The van der Waals surface area contributed by atoms with E-state index in [1.807, 2.05) is 6.07 Å². The van der Waals surface area contributed by atoms with Crippen molar-refractivity contribution in [1.82, 2.24) is 9.97 Å². The molecule has 7 heteroatoms. The first-order valence-corrected chi connectivity index (χ1v) is 9.85. The highest BCUT2D eigenvalue weighted by atomic mass is 19.1. The van der Waals surface area contributed by atoms with Gasteiger partial charge in [0, 0.05) is 17.1 Å². The quantitative estimate of drug-likeness (QED) is 0.523. The Kier molecular flexibility index (Phi) is 5.09. The number of hydrogen-bond donors (Lipinski definition) is 1. The first kappa shape index (κ1) is 19.3. The second-order valence-corrected chi connectivity index (χ2v) is 7.23. The lowest BCUT2D eigenvalue weighted by molar-refractivity contribution is -0.0106. The van der Waals surface area contributed by atoms with E-state index in [2.05, 4.69) is 9.97 Å². The Morgan fingerprint density at radius 3 is 2.87 bits per heavy atom. The molecule has 0 saturated carbocycles. The minimum absolute atomic E-state index is 0.227. The van der Waals surface area contributed by atoms with Gasteiger partial charge >= 0.3 is 0 Å². The van der Waals surface area contributed by atoms with Gasteiger partial charge in [0.25, 0.3) is 0 Å². The van der Waals surface area contributed by atoms with Gasteiger partial charge in [0.2, 0.25) is 0 Å². The van der Waals surface area contributed by atoms with Crippen molar-refractivity contribution < 1.29 is 23.7 Å². The molecule has 5 rings (SSSR count). The van der Waals surface area contributed by atoms with Gasteiger partial charge in [-0.3, -0.25) is 4.98 Å². The predicted molar refractivity (Wildman–Crippen MR) is 112 cm³/mol. The van der Waals surface area contributed by atoms with Gasteiger partial charge in [-0.1, -0.05) is 6.07 Å². The van der Waals surface area contributed by atoms with Crippen LogP contribution in [-0.2, 0) is 6.61 Å². The summed E-state index contributed by atoms with van der Waals surface area (Å²) in [5, 5.41) is 11.5. The highest BCUT2D eigenvalue weighted by molar-refractivity contribution is 5.78. The number of ether oxygens (including phenoxy) is 3. The lowest BCUT2D eigenvalue weighted by Crippen LogP contribution is -2.35. The van der Waals surface area contributed by atoms with Crippen LogP contribution < -0.4 is 14.2 Å². The maximum Gasteiger partial charge on any atom is 0.163 e. The highest BCUT2D eigenvalue weighted by Crippen LogP contribution is 2.36. The van der Waals surface area contributed by atoms with E-state index in [1.54, 1.807) is 54.9 Å². The molecule has 0 saturated heterocycles. The summed E-state index contributed by atoms with van der Waals surface area (Å²) in [5.74, 6) is 1.44. The Morgan fingerprint density at radius 2 is 2.00 bits per heavy atom. The number of halogens is 1. The van der Waals surface area contributed by atoms with Crippen LogP contribution in [0.3, 0.4) is 0 Å². The number of aliphatic hydroxyl groups excluding tert-OH is 1. The SMILES string of the molecule is O[C@H]1c2cc(OCc3ccc4cc(F)ccc4n3)ccc2OC[C@H]1Oc1cccnc1. The third-order valence-electron chi connectivity index (χ3n) is 5.07. The van der Waals surface area contributed by atoms with Crippen molar-refractivity contribution in [2.45, 2.75) is 18.8 Å². The van der Waals surface area contributed by atoms with Crippen LogP contribution >= 0.6 is 0 Å². The number of benzene rings is 2. The Bertz CT molecular complexity index is 1220. The monoisotopic (exact) mass is 418 g/mol. The topological polar surface area (TPSA) is 73.7 Å². The molecule has 2 aromatic carbocycles. The van der Waals surface area contributed by atoms with E-state index in [0.717, 1.165) is 5.39 Å². The Morgan fingerprint density at radius 1 is 1.06 bits per heavy atom. The van der Waals surface area contributed by atoms with Crippen molar-refractivity contribution in [2.24, 2.45) is 0 Å². The van der Waals surface area contributed by atoms with E-state index >= 15 is 0 Å². The van der Waals surface area contributed by atoms with Crippen molar-refractivity contribution in [3.8, 4) is 17.2 Å². The second kappa shape index (κ2) is 8.20. The van der Waals surface area contributed by atoms with Gasteiger partial charge in [-0.05, 0) is 54.6 Å². The molecule has 0 spiro atoms. The number of fused-ring (bicyclic) bond motifs is 2. The van der Waals surface area contributed by atoms with Crippen molar-refractivity contribution in [1.29, 1.82) is 0 Å². The number of hydrogen-bond acceptors (Lipinski definition) is 6. The smallest absolute Gasteiger partial charge is 0.163 e. The van der Waals surface area contributed by atoms with Crippen LogP contribution in [0.1, 0.15) is 17.4 Å². The molecule has 1 aliphatic rings. The number of nitrogens with zero attached hydrogens (tertiary/aromatic N) is 2. The summed E-state index contributed by atoms with van der Waals surface area (Å²) in [7, 11) is 0.